The summed E-state index contributed by atoms with van der Waals surface area (Å²) in [5, 5.41) is 9.97. The first-order valence-corrected chi connectivity index (χ1v) is 14.8. The van der Waals surface area contributed by atoms with Crippen LogP contribution in [0.15, 0.2) is 114 Å². The van der Waals surface area contributed by atoms with Crippen molar-refractivity contribution in [1.82, 2.24) is 4.98 Å². The molecule has 1 fully saturated rings. The molecule has 1 aliphatic heterocycles. The van der Waals surface area contributed by atoms with E-state index in [4.69, 9.17) is 14.5 Å². The molecule has 0 bridgehead atoms. The van der Waals surface area contributed by atoms with Crippen molar-refractivity contribution in [2.75, 3.05) is 12.0 Å². The Morgan fingerprint density at radius 1 is 0.841 bits per heavy atom. The van der Waals surface area contributed by atoms with Crippen LogP contribution in [0.4, 0.5) is 5.69 Å². The fraction of sp³-hybridized carbons (Fsp3) is 0.111. The minimum atomic E-state index is -0.737. The Morgan fingerprint density at radius 2 is 1.48 bits per heavy atom. The van der Waals surface area contributed by atoms with Crippen LogP contribution in [0.5, 0.6) is 17.2 Å². The Labute approximate surface area is 259 Å². The number of para-hydroxylation sites is 1. The summed E-state index contributed by atoms with van der Waals surface area (Å²) in [6.45, 7) is 2.00. The highest BCUT2D eigenvalue weighted by atomic mass is 32.2. The van der Waals surface area contributed by atoms with Gasteiger partial charge in [0, 0.05) is 17.5 Å². The van der Waals surface area contributed by atoms with Crippen molar-refractivity contribution < 1.29 is 19.1 Å². The standard InChI is InChI=1S/C36H27N3O4S/c1-23-8-10-24(11-9-23)30-20-32(25-12-16-27(42-2)17-13-25)38-35(31(30)22-37)44-33-21-34(40)39(36(33)41)26-14-18-29(19-15-26)43-28-6-4-3-5-7-28/h3-20,33H,21H2,1-2H3. The summed E-state index contributed by atoms with van der Waals surface area (Å²) in [6.07, 6.45) is -0.00898. The van der Waals surface area contributed by atoms with Crippen LogP contribution in [-0.2, 0) is 9.59 Å². The Morgan fingerprint density at radius 3 is 2.14 bits per heavy atom. The van der Waals surface area contributed by atoms with E-state index >= 15 is 0 Å². The van der Waals surface area contributed by atoms with Gasteiger partial charge in [0.1, 0.15) is 28.3 Å². The molecule has 1 atom stereocenters. The molecular formula is C36H27N3O4S. The first kappa shape index (κ1) is 28.7. The lowest BCUT2D eigenvalue weighted by Crippen LogP contribution is -2.31. The zero-order chi connectivity index (χ0) is 30.6. The second-order valence-corrected chi connectivity index (χ2v) is 11.4. The number of amides is 2. The van der Waals surface area contributed by atoms with Crippen LogP contribution in [0.3, 0.4) is 0 Å². The average Bonchev–Trinajstić information content (AvgIpc) is 3.33. The first-order chi connectivity index (χ1) is 21.4. The maximum absolute atomic E-state index is 13.6. The van der Waals surface area contributed by atoms with E-state index < -0.39 is 5.25 Å². The van der Waals surface area contributed by atoms with Gasteiger partial charge < -0.3 is 9.47 Å². The van der Waals surface area contributed by atoms with Crippen molar-refractivity contribution >= 4 is 29.3 Å². The smallest absolute Gasteiger partial charge is 0.247 e. The number of carbonyl (C=O) groups excluding carboxylic acids is 2. The number of ether oxygens (including phenoxy) is 2. The van der Waals surface area contributed by atoms with E-state index in [1.54, 1.807) is 31.4 Å². The Kier molecular flexibility index (Phi) is 8.13. The van der Waals surface area contributed by atoms with Crippen LogP contribution < -0.4 is 14.4 Å². The molecule has 0 saturated carbocycles. The van der Waals surface area contributed by atoms with Gasteiger partial charge in [0.2, 0.25) is 11.8 Å². The van der Waals surface area contributed by atoms with Crippen molar-refractivity contribution in [1.29, 1.82) is 5.26 Å². The topological polar surface area (TPSA) is 92.5 Å². The van der Waals surface area contributed by atoms with E-state index in [0.29, 0.717) is 44.8 Å². The van der Waals surface area contributed by atoms with E-state index in [-0.39, 0.29) is 18.2 Å². The lowest BCUT2D eigenvalue weighted by Gasteiger charge is -2.17. The molecule has 1 saturated heterocycles. The van der Waals surface area contributed by atoms with Crippen molar-refractivity contribution in [3.8, 4) is 45.7 Å². The van der Waals surface area contributed by atoms with E-state index in [1.165, 1.54) is 4.90 Å². The number of anilines is 1. The second kappa shape index (κ2) is 12.5. The van der Waals surface area contributed by atoms with E-state index in [1.807, 2.05) is 91.9 Å². The molecule has 6 rings (SSSR count). The van der Waals surface area contributed by atoms with E-state index in [9.17, 15) is 14.9 Å². The summed E-state index contributed by atoms with van der Waals surface area (Å²) in [4.78, 5) is 32.8. The number of rotatable bonds is 8. The minimum Gasteiger partial charge on any atom is -0.497 e. The maximum atomic E-state index is 13.6. The molecule has 1 aromatic heterocycles. The van der Waals surface area contributed by atoms with E-state index in [2.05, 4.69) is 6.07 Å². The molecule has 5 aromatic rings. The quantitative estimate of drug-likeness (QED) is 0.168. The molecule has 0 radical (unpaired) electrons. The predicted molar refractivity (Wildman–Crippen MR) is 171 cm³/mol. The summed E-state index contributed by atoms with van der Waals surface area (Å²) in [6, 6.07) is 35.8. The minimum absolute atomic E-state index is 0.00898. The fourth-order valence-corrected chi connectivity index (χ4v) is 6.10. The van der Waals surface area contributed by atoms with Crippen molar-refractivity contribution in [3.05, 3.63) is 120 Å². The average molecular weight is 598 g/mol. The summed E-state index contributed by atoms with van der Waals surface area (Å²) >= 11 is 1.15. The zero-order valence-corrected chi connectivity index (χ0v) is 24.9. The Hall–Kier alpha value is -5.39. The normalized spacial score (nSPS) is 14.4. The van der Waals surface area contributed by atoms with Crippen molar-refractivity contribution in [2.45, 2.75) is 23.6 Å². The number of hydrogen-bond donors (Lipinski definition) is 0. The molecule has 2 amide bonds. The number of thioether (sulfide) groups is 1. The molecule has 216 valence electrons. The lowest BCUT2D eigenvalue weighted by atomic mass is 9.98. The summed E-state index contributed by atoms with van der Waals surface area (Å²) in [5.41, 5.74) is 4.96. The number of nitrogens with zero attached hydrogens (tertiary/aromatic N) is 3. The molecule has 44 heavy (non-hydrogen) atoms. The SMILES string of the molecule is COc1ccc(-c2cc(-c3ccc(C)cc3)c(C#N)c(SC3CC(=O)N(c4ccc(Oc5ccccc5)cc4)C3=O)n2)cc1. The third-order valence-electron chi connectivity index (χ3n) is 7.28. The number of aromatic nitrogens is 1. The van der Waals surface area contributed by atoms with Crippen molar-refractivity contribution in [3.63, 3.8) is 0 Å². The number of imide groups is 1. The molecule has 7 nitrogen and oxygen atoms in total. The van der Waals surface area contributed by atoms with Gasteiger partial charge >= 0.3 is 0 Å². The molecule has 4 aromatic carbocycles. The Bertz CT molecular complexity index is 1870. The number of methoxy groups -OCH3 is 1. The molecular weight excluding hydrogens is 570 g/mol. The summed E-state index contributed by atoms with van der Waals surface area (Å²) < 4.78 is 11.2. The highest BCUT2D eigenvalue weighted by molar-refractivity contribution is 8.00. The number of carbonyl (C=O) groups is 2. The van der Waals surface area contributed by atoms with Gasteiger partial charge in [-0.1, -0.05) is 59.8 Å². The van der Waals surface area contributed by atoms with Gasteiger partial charge in [0.15, 0.2) is 0 Å². The van der Waals surface area contributed by atoms with Gasteiger partial charge in [-0.3, -0.25) is 9.59 Å². The van der Waals surface area contributed by atoms with Crippen LogP contribution in [0.2, 0.25) is 0 Å². The van der Waals surface area contributed by atoms with Gasteiger partial charge in [0.25, 0.3) is 0 Å². The molecule has 8 heteroatoms. The molecule has 0 spiro atoms. The highest BCUT2D eigenvalue weighted by Gasteiger charge is 2.41. The van der Waals surface area contributed by atoms with Gasteiger partial charge in [-0.05, 0) is 79.2 Å². The number of aryl methyl sites for hydroxylation is 1. The van der Waals surface area contributed by atoms with Gasteiger partial charge in [0.05, 0.1) is 29.3 Å². The molecule has 0 aliphatic carbocycles. The van der Waals surface area contributed by atoms with Gasteiger partial charge in [-0.15, -0.1) is 0 Å². The largest absolute Gasteiger partial charge is 0.497 e. The third kappa shape index (κ3) is 5.91. The van der Waals surface area contributed by atoms with Gasteiger partial charge in [-0.25, -0.2) is 9.88 Å². The molecule has 2 heterocycles. The highest BCUT2D eigenvalue weighted by Crippen LogP contribution is 2.40. The number of hydrogen-bond acceptors (Lipinski definition) is 7. The Balaban J connectivity index is 1.31. The first-order valence-electron chi connectivity index (χ1n) is 14.0. The van der Waals surface area contributed by atoms with E-state index in [0.717, 1.165) is 28.5 Å². The zero-order valence-electron chi connectivity index (χ0n) is 24.1. The summed E-state index contributed by atoms with van der Waals surface area (Å²) in [7, 11) is 1.61. The molecule has 1 unspecified atom stereocenters. The van der Waals surface area contributed by atoms with Crippen molar-refractivity contribution in [2.24, 2.45) is 0 Å². The monoisotopic (exact) mass is 597 g/mol. The third-order valence-corrected chi connectivity index (χ3v) is 8.45. The lowest BCUT2D eigenvalue weighted by molar-refractivity contribution is -0.121. The number of pyridine rings is 1. The fourth-order valence-electron chi connectivity index (χ4n) is 4.98. The van der Waals surface area contributed by atoms with Crippen LogP contribution in [0.25, 0.3) is 22.4 Å². The summed E-state index contributed by atoms with van der Waals surface area (Å²) in [5.74, 6) is 1.33. The van der Waals surface area contributed by atoms with Crippen LogP contribution in [0, 0.1) is 18.3 Å². The van der Waals surface area contributed by atoms with Crippen LogP contribution >= 0.6 is 11.8 Å². The van der Waals surface area contributed by atoms with Gasteiger partial charge in [-0.2, -0.15) is 5.26 Å². The second-order valence-electron chi connectivity index (χ2n) is 10.2. The molecule has 1 aliphatic rings. The van der Waals surface area contributed by atoms with Crippen LogP contribution in [0.1, 0.15) is 17.5 Å². The molecule has 0 N–H and O–H groups in total. The predicted octanol–water partition coefficient (Wildman–Crippen LogP) is 7.82. The number of nitriles is 1. The maximum Gasteiger partial charge on any atom is 0.247 e. The van der Waals surface area contributed by atoms with Crippen LogP contribution in [-0.4, -0.2) is 29.2 Å². The number of benzene rings is 4.